The maximum atomic E-state index is 8.79. The Kier molecular flexibility index (Phi) is 5.98. The van der Waals surface area contributed by atoms with Crippen molar-refractivity contribution in [3.05, 3.63) is 39.9 Å². The molecule has 8 nitrogen and oxygen atoms in total. The van der Waals surface area contributed by atoms with E-state index in [0.717, 1.165) is 5.56 Å². The van der Waals surface area contributed by atoms with Crippen LogP contribution in [0.3, 0.4) is 0 Å². The Morgan fingerprint density at radius 3 is 2.50 bits per heavy atom. The van der Waals surface area contributed by atoms with Crippen LogP contribution in [-0.4, -0.2) is 21.4 Å². The van der Waals surface area contributed by atoms with Crippen molar-refractivity contribution in [1.82, 2.24) is 0 Å². The quantitative estimate of drug-likeness (QED) is 0.237. The molecular weight excluding hydrogens is 216 g/mol. The van der Waals surface area contributed by atoms with Crippen molar-refractivity contribution in [3.63, 3.8) is 0 Å². The molecule has 0 bridgehead atoms. The molecule has 0 amide bonds. The molecule has 0 fully saturated rings. The van der Waals surface area contributed by atoms with Crippen LogP contribution in [0.1, 0.15) is 5.56 Å². The predicted octanol–water partition coefficient (Wildman–Crippen LogP) is -0.264. The zero-order valence-electron chi connectivity index (χ0n) is 8.28. The molecule has 0 atom stereocenters. The summed E-state index contributed by atoms with van der Waals surface area (Å²) in [4.78, 5) is 12.2. The summed E-state index contributed by atoms with van der Waals surface area (Å²) in [5.41, 5.74) is 11.8. The Bertz CT molecular complexity index is 372. The SMILES string of the molecule is NC(N)=Nc1cccc(CO)c1.O=[N+]([O-])O. The van der Waals surface area contributed by atoms with Crippen LogP contribution >= 0.6 is 0 Å². The fraction of sp³-hybridized carbons (Fsp3) is 0.125. The van der Waals surface area contributed by atoms with Crippen LogP contribution in [0.25, 0.3) is 0 Å². The predicted molar refractivity (Wildman–Crippen MR) is 56.6 cm³/mol. The van der Waals surface area contributed by atoms with Gasteiger partial charge >= 0.3 is 0 Å². The van der Waals surface area contributed by atoms with Gasteiger partial charge in [-0.2, -0.15) is 0 Å². The van der Waals surface area contributed by atoms with E-state index in [9.17, 15) is 0 Å². The maximum Gasteiger partial charge on any atom is 0.291 e. The highest BCUT2D eigenvalue weighted by Crippen LogP contribution is 2.13. The van der Waals surface area contributed by atoms with Crippen LogP contribution in [0.5, 0.6) is 0 Å². The van der Waals surface area contributed by atoms with Gasteiger partial charge in [0.1, 0.15) is 0 Å². The van der Waals surface area contributed by atoms with Crippen LogP contribution in [0.2, 0.25) is 0 Å². The zero-order chi connectivity index (χ0) is 12.6. The van der Waals surface area contributed by atoms with Crippen molar-refractivity contribution in [2.75, 3.05) is 0 Å². The molecule has 0 aromatic heterocycles. The van der Waals surface area contributed by atoms with Crippen molar-refractivity contribution < 1.29 is 15.4 Å². The molecule has 1 aromatic carbocycles. The first-order valence-electron chi connectivity index (χ1n) is 4.08. The molecule has 16 heavy (non-hydrogen) atoms. The molecule has 0 unspecified atom stereocenters. The van der Waals surface area contributed by atoms with E-state index >= 15 is 0 Å². The van der Waals surface area contributed by atoms with Crippen LogP contribution in [-0.2, 0) is 6.61 Å². The summed E-state index contributed by atoms with van der Waals surface area (Å²) in [5.74, 6) is 0.0186. The summed E-state index contributed by atoms with van der Waals surface area (Å²) in [7, 11) is 0. The Morgan fingerprint density at radius 1 is 1.50 bits per heavy atom. The fourth-order valence-electron chi connectivity index (χ4n) is 0.873. The number of benzene rings is 1. The van der Waals surface area contributed by atoms with Gasteiger partial charge in [0.15, 0.2) is 5.96 Å². The van der Waals surface area contributed by atoms with E-state index in [-0.39, 0.29) is 12.6 Å². The van der Waals surface area contributed by atoms with E-state index in [1.54, 1.807) is 24.3 Å². The second kappa shape index (κ2) is 7.01. The average Bonchev–Trinajstić information content (AvgIpc) is 2.16. The van der Waals surface area contributed by atoms with Crippen LogP contribution < -0.4 is 11.5 Å². The molecule has 1 rings (SSSR count). The standard InChI is InChI=1S/C8H11N3O.HNO3/c9-8(10)11-7-3-1-2-6(4-7)5-12;2-1(3)4/h1-4,12H,5H2,(H4,9,10,11);(H,2,3,4). The molecule has 88 valence electrons. The Hall–Kier alpha value is -2.35. The first kappa shape index (κ1) is 13.7. The lowest BCUT2D eigenvalue weighted by atomic mass is 10.2. The Balaban J connectivity index is 0.000000487. The molecule has 0 aliphatic rings. The van der Waals surface area contributed by atoms with E-state index in [2.05, 4.69) is 4.99 Å². The number of hydrogen-bond donors (Lipinski definition) is 4. The van der Waals surface area contributed by atoms with Gasteiger partial charge in [0.05, 0.1) is 12.3 Å². The molecule has 0 spiro atoms. The number of aliphatic hydroxyl groups is 1. The van der Waals surface area contributed by atoms with E-state index in [1.165, 1.54) is 0 Å². The largest absolute Gasteiger partial charge is 0.392 e. The molecule has 0 saturated carbocycles. The molecule has 0 aliphatic heterocycles. The van der Waals surface area contributed by atoms with Gasteiger partial charge in [-0.15, -0.1) is 10.1 Å². The van der Waals surface area contributed by atoms with E-state index in [4.69, 9.17) is 31.9 Å². The van der Waals surface area contributed by atoms with Crippen molar-refractivity contribution >= 4 is 11.6 Å². The molecule has 0 radical (unpaired) electrons. The molecule has 1 aromatic rings. The summed E-state index contributed by atoms with van der Waals surface area (Å²) in [6.07, 6.45) is 0. The first-order chi connectivity index (χ1) is 7.45. The number of hydrogen-bond acceptors (Lipinski definition) is 4. The van der Waals surface area contributed by atoms with Crippen molar-refractivity contribution in [2.24, 2.45) is 16.5 Å². The van der Waals surface area contributed by atoms with Crippen molar-refractivity contribution in [1.29, 1.82) is 0 Å². The summed E-state index contributed by atoms with van der Waals surface area (Å²) < 4.78 is 0. The lowest BCUT2D eigenvalue weighted by Crippen LogP contribution is -2.21. The van der Waals surface area contributed by atoms with Crippen LogP contribution in [0.15, 0.2) is 29.3 Å². The molecule has 0 aliphatic carbocycles. The number of rotatable bonds is 2. The molecule has 6 N–H and O–H groups in total. The van der Waals surface area contributed by atoms with Gasteiger partial charge in [-0.3, -0.25) is 0 Å². The van der Waals surface area contributed by atoms with Gasteiger partial charge < -0.3 is 21.8 Å². The van der Waals surface area contributed by atoms with Gasteiger partial charge in [0.25, 0.3) is 5.09 Å². The third-order valence-corrected chi connectivity index (χ3v) is 1.35. The summed E-state index contributed by atoms with van der Waals surface area (Å²) in [6, 6.07) is 7.07. The minimum Gasteiger partial charge on any atom is -0.392 e. The zero-order valence-corrected chi connectivity index (χ0v) is 8.28. The smallest absolute Gasteiger partial charge is 0.291 e. The van der Waals surface area contributed by atoms with E-state index < -0.39 is 5.09 Å². The number of nitrogens with zero attached hydrogens (tertiary/aromatic N) is 2. The normalized spacial score (nSPS) is 8.56. The summed E-state index contributed by atoms with van der Waals surface area (Å²) in [6.45, 7) is -0.00611. The number of aliphatic imine (C=N–C) groups is 1. The monoisotopic (exact) mass is 228 g/mol. The van der Waals surface area contributed by atoms with E-state index in [0.29, 0.717) is 5.69 Å². The highest BCUT2D eigenvalue weighted by atomic mass is 16.9. The summed E-state index contributed by atoms with van der Waals surface area (Å²) in [5, 5.41) is 22.4. The fourth-order valence-corrected chi connectivity index (χ4v) is 0.873. The molecular formula is C8H12N4O4. The second-order valence-corrected chi connectivity index (χ2v) is 2.60. The number of nitrogens with two attached hydrogens (primary N) is 2. The summed E-state index contributed by atoms with van der Waals surface area (Å²) >= 11 is 0. The van der Waals surface area contributed by atoms with Crippen molar-refractivity contribution in [2.45, 2.75) is 6.61 Å². The maximum absolute atomic E-state index is 8.79. The van der Waals surface area contributed by atoms with Crippen molar-refractivity contribution in [3.8, 4) is 0 Å². The first-order valence-corrected chi connectivity index (χ1v) is 4.08. The third kappa shape index (κ3) is 7.09. The van der Waals surface area contributed by atoms with Gasteiger partial charge in [0, 0.05) is 0 Å². The minimum absolute atomic E-state index is 0.00611. The van der Waals surface area contributed by atoms with Gasteiger partial charge in [-0.1, -0.05) is 12.1 Å². The topological polar surface area (TPSA) is 148 Å². The number of guanidine groups is 1. The van der Waals surface area contributed by atoms with Gasteiger partial charge in [-0.05, 0) is 17.7 Å². The molecule has 0 heterocycles. The van der Waals surface area contributed by atoms with E-state index in [1.807, 2.05) is 0 Å². The molecule has 0 saturated heterocycles. The lowest BCUT2D eigenvalue weighted by Gasteiger charge is -1.97. The Labute approximate surface area is 90.9 Å². The van der Waals surface area contributed by atoms with Gasteiger partial charge in [-0.25, -0.2) is 4.99 Å². The Morgan fingerprint density at radius 2 is 2.06 bits per heavy atom. The van der Waals surface area contributed by atoms with Crippen LogP contribution in [0.4, 0.5) is 5.69 Å². The second-order valence-electron chi connectivity index (χ2n) is 2.60. The molecule has 8 heteroatoms. The highest BCUT2D eigenvalue weighted by Gasteiger charge is 1.92. The highest BCUT2D eigenvalue weighted by molar-refractivity contribution is 5.79. The van der Waals surface area contributed by atoms with Crippen LogP contribution in [0, 0.1) is 10.1 Å². The minimum atomic E-state index is -1.50. The number of aliphatic hydroxyl groups excluding tert-OH is 1. The lowest BCUT2D eigenvalue weighted by molar-refractivity contribution is -0.742. The third-order valence-electron chi connectivity index (χ3n) is 1.35. The van der Waals surface area contributed by atoms with Gasteiger partial charge in [0.2, 0.25) is 0 Å². The average molecular weight is 228 g/mol.